The van der Waals surface area contributed by atoms with E-state index in [1.165, 1.54) is 12.7 Å². The van der Waals surface area contributed by atoms with Gasteiger partial charge in [0.2, 0.25) is 0 Å². The highest BCUT2D eigenvalue weighted by molar-refractivity contribution is 7.90. The Morgan fingerprint density at radius 1 is 1.50 bits per heavy atom. The quantitative estimate of drug-likeness (QED) is 0.773. The summed E-state index contributed by atoms with van der Waals surface area (Å²) in [5.41, 5.74) is 0.233. The lowest BCUT2D eigenvalue weighted by molar-refractivity contribution is 0.315. The number of nitrogens with one attached hydrogen (secondary N) is 1. The Balaban J connectivity index is 2.45. The van der Waals surface area contributed by atoms with Crippen LogP contribution in [0.1, 0.15) is 32.6 Å². The minimum absolute atomic E-state index is 0.233. The summed E-state index contributed by atoms with van der Waals surface area (Å²) < 4.78 is 22.1. The zero-order valence-electron chi connectivity index (χ0n) is 9.34. The van der Waals surface area contributed by atoms with Crippen LogP contribution in [0, 0.1) is 5.41 Å². The lowest BCUT2D eigenvalue weighted by atomic mass is 9.86. The van der Waals surface area contributed by atoms with Crippen LogP contribution in [-0.2, 0) is 9.84 Å². The van der Waals surface area contributed by atoms with Crippen molar-refractivity contribution in [2.24, 2.45) is 5.41 Å². The van der Waals surface area contributed by atoms with Crippen LogP contribution in [0.15, 0.2) is 0 Å². The van der Waals surface area contributed by atoms with E-state index in [0.717, 1.165) is 19.3 Å². The van der Waals surface area contributed by atoms with Crippen molar-refractivity contribution < 1.29 is 8.42 Å². The molecule has 0 radical (unpaired) electrons. The SMILES string of the molecule is CNC1CCC(C)(CCS(C)(=O)=O)C1. The zero-order chi connectivity index (χ0) is 10.8. The minimum atomic E-state index is -2.79. The number of rotatable bonds is 4. The van der Waals surface area contributed by atoms with Gasteiger partial charge in [0.15, 0.2) is 0 Å². The van der Waals surface area contributed by atoms with Crippen molar-refractivity contribution in [2.45, 2.75) is 38.6 Å². The van der Waals surface area contributed by atoms with Crippen molar-refractivity contribution in [1.29, 1.82) is 0 Å². The van der Waals surface area contributed by atoms with Crippen LogP contribution in [-0.4, -0.2) is 33.5 Å². The first kappa shape index (κ1) is 12.0. The molecule has 0 saturated heterocycles. The van der Waals surface area contributed by atoms with Gasteiger partial charge in [0, 0.05) is 12.3 Å². The Hall–Kier alpha value is -0.0900. The van der Waals surface area contributed by atoms with Crippen molar-refractivity contribution in [1.82, 2.24) is 5.32 Å². The molecule has 1 aliphatic carbocycles. The second-order valence-corrected chi connectivity index (χ2v) is 7.18. The summed E-state index contributed by atoms with van der Waals surface area (Å²) in [7, 11) is -0.815. The fourth-order valence-corrected chi connectivity index (χ4v) is 3.09. The molecule has 0 bridgehead atoms. The van der Waals surface area contributed by atoms with E-state index in [9.17, 15) is 8.42 Å². The van der Waals surface area contributed by atoms with Crippen molar-refractivity contribution in [3.8, 4) is 0 Å². The first-order chi connectivity index (χ1) is 6.35. The predicted octanol–water partition coefficient (Wildman–Crippen LogP) is 1.20. The first-order valence-electron chi connectivity index (χ1n) is 5.20. The van der Waals surface area contributed by atoms with Gasteiger partial charge < -0.3 is 5.32 Å². The zero-order valence-corrected chi connectivity index (χ0v) is 10.2. The highest BCUT2D eigenvalue weighted by Gasteiger charge is 2.34. The van der Waals surface area contributed by atoms with Crippen molar-refractivity contribution >= 4 is 9.84 Å². The molecule has 1 saturated carbocycles. The van der Waals surface area contributed by atoms with E-state index in [0.29, 0.717) is 11.8 Å². The molecule has 0 aromatic rings. The summed E-state index contributed by atoms with van der Waals surface area (Å²) in [6, 6.07) is 0.583. The highest BCUT2D eigenvalue weighted by atomic mass is 32.2. The molecule has 2 atom stereocenters. The maximum Gasteiger partial charge on any atom is 0.147 e. The number of hydrogen-bond acceptors (Lipinski definition) is 3. The second-order valence-electron chi connectivity index (χ2n) is 4.92. The minimum Gasteiger partial charge on any atom is -0.317 e. The summed E-state index contributed by atoms with van der Waals surface area (Å²) in [5, 5.41) is 3.27. The fourth-order valence-electron chi connectivity index (χ4n) is 2.23. The third-order valence-electron chi connectivity index (χ3n) is 3.32. The van der Waals surface area contributed by atoms with Crippen LogP contribution in [0.2, 0.25) is 0 Å². The maximum atomic E-state index is 11.1. The van der Waals surface area contributed by atoms with Gasteiger partial charge in [0.1, 0.15) is 9.84 Å². The van der Waals surface area contributed by atoms with E-state index < -0.39 is 9.84 Å². The molecule has 0 heterocycles. The predicted molar refractivity (Wildman–Crippen MR) is 59.1 cm³/mol. The van der Waals surface area contributed by atoms with Crippen LogP contribution in [0.5, 0.6) is 0 Å². The summed E-state index contributed by atoms with van der Waals surface area (Å²) in [5.74, 6) is 0.333. The smallest absolute Gasteiger partial charge is 0.147 e. The second kappa shape index (κ2) is 4.19. The van der Waals surface area contributed by atoms with E-state index in [4.69, 9.17) is 0 Å². The van der Waals surface area contributed by atoms with E-state index in [1.54, 1.807) is 0 Å². The van der Waals surface area contributed by atoms with Gasteiger partial charge in [0.25, 0.3) is 0 Å². The van der Waals surface area contributed by atoms with E-state index in [1.807, 2.05) is 7.05 Å². The van der Waals surface area contributed by atoms with Crippen LogP contribution in [0.4, 0.5) is 0 Å². The summed E-state index contributed by atoms with van der Waals surface area (Å²) in [6.07, 6.45) is 5.56. The first-order valence-corrected chi connectivity index (χ1v) is 7.26. The Morgan fingerprint density at radius 3 is 2.57 bits per heavy atom. The molecular weight excluding hydrogens is 198 g/mol. The Bertz CT molecular complexity index is 286. The Labute approximate surface area is 87.2 Å². The Morgan fingerprint density at radius 2 is 2.14 bits per heavy atom. The molecule has 84 valence electrons. The lowest BCUT2D eigenvalue weighted by Crippen LogP contribution is -2.24. The monoisotopic (exact) mass is 219 g/mol. The molecule has 3 nitrogen and oxygen atoms in total. The average molecular weight is 219 g/mol. The molecule has 1 N–H and O–H groups in total. The topological polar surface area (TPSA) is 46.2 Å². The van der Waals surface area contributed by atoms with Crippen LogP contribution >= 0.6 is 0 Å². The molecule has 0 aromatic carbocycles. The van der Waals surface area contributed by atoms with Crippen LogP contribution < -0.4 is 5.32 Å². The largest absolute Gasteiger partial charge is 0.317 e. The standard InChI is InChI=1S/C10H21NO2S/c1-10(6-7-14(3,12)13)5-4-9(8-10)11-2/h9,11H,4-8H2,1-3H3. The van der Waals surface area contributed by atoms with Gasteiger partial charge in [-0.25, -0.2) is 8.42 Å². The normalized spacial score (nSPS) is 33.5. The summed E-state index contributed by atoms with van der Waals surface area (Å²) in [4.78, 5) is 0. The third-order valence-corrected chi connectivity index (χ3v) is 4.27. The van der Waals surface area contributed by atoms with Gasteiger partial charge in [-0.3, -0.25) is 0 Å². The molecule has 4 heteroatoms. The molecule has 0 aliphatic heterocycles. The lowest BCUT2D eigenvalue weighted by Gasteiger charge is -2.23. The third kappa shape index (κ3) is 3.58. The molecule has 1 fully saturated rings. The van der Waals surface area contributed by atoms with Crippen LogP contribution in [0.25, 0.3) is 0 Å². The van der Waals surface area contributed by atoms with Gasteiger partial charge in [0.05, 0.1) is 5.75 Å². The van der Waals surface area contributed by atoms with Crippen LogP contribution in [0.3, 0.4) is 0 Å². The van der Waals surface area contributed by atoms with Crippen molar-refractivity contribution in [3.63, 3.8) is 0 Å². The van der Waals surface area contributed by atoms with Crippen molar-refractivity contribution in [2.75, 3.05) is 19.1 Å². The van der Waals surface area contributed by atoms with Gasteiger partial charge >= 0.3 is 0 Å². The average Bonchev–Trinajstić information content (AvgIpc) is 2.44. The van der Waals surface area contributed by atoms with E-state index >= 15 is 0 Å². The van der Waals surface area contributed by atoms with Gasteiger partial charge in [-0.05, 0) is 38.1 Å². The molecule has 1 aliphatic rings. The summed E-state index contributed by atoms with van der Waals surface area (Å²) in [6.45, 7) is 2.20. The molecule has 1 rings (SSSR count). The molecular formula is C10H21NO2S. The summed E-state index contributed by atoms with van der Waals surface area (Å²) >= 11 is 0. The molecule has 2 unspecified atom stereocenters. The number of sulfone groups is 1. The van der Waals surface area contributed by atoms with E-state index in [-0.39, 0.29) is 5.41 Å². The molecule has 0 amide bonds. The maximum absolute atomic E-state index is 11.1. The molecule has 0 aromatic heterocycles. The number of hydrogen-bond donors (Lipinski definition) is 1. The van der Waals surface area contributed by atoms with E-state index in [2.05, 4.69) is 12.2 Å². The van der Waals surface area contributed by atoms with Gasteiger partial charge in [-0.15, -0.1) is 0 Å². The van der Waals surface area contributed by atoms with Gasteiger partial charge in [-0.2, -0.15) is 0 Å². The fraction of sp³-hybridized carbons (Fsp3) is 1.00. The molecule has 0 spiro atoms. The van der Waals surface area contributed by atoms with Crippen molar-refractivity contribution in [3.05, 3.63) is 0 Å². The van der Waals surface area contributed by atoms with Gasteiger partial charge in [-0.1, -0.05) is 6.92 Å². The highest BCUT2D eigenvalue weighted by Crippen LogP contribution is 2.40. The molecule has 14 heavy (non-hydrogen) atoms. The Kier molecular flexibility index (Phi) is 3.58.